The van der Waals surface area contributed by atoms with Gasteiger partial charge in [-0.15, -0.1) is 0 Å². The average molecular weight is 385 g/mol. The van der Waals surface area contributed by atoms with Crippen LogP contribution in [-0.4, -0.2) is 24.5 Å². The molecule has 2 heterocycles. The van der Waals surface area contributed by atoms with E-state index in [-0.39, 0.29) is 23.8 Å². The van der Waals surface area contributed by atoms with E-state index in [1.807, 2.05) is 19.1 Å². The van der Waals surface area contributed by atoms with Crippen molar-refractivity contribution in [2.24, 2.45) is 0 Å². The van der Waals surface area contributed by atoms with E-state index in [1.54, 1.807) is 29.2 Å². The fourth-order valence-electron chi connectivity index (χ4n) is 3.67. The summed E-state index contributed by atoms with van der Waals surface area (Å²) in [7, 11) is 0. The summed E-state index contributed by atoms with van der Waals surface area (Å²) in [5.41, 5.74) is 2.83. The standard InChI is InChI=1S/C21H21ClN2O3/c1-12-13(2)27-20-15(12)5-3-6-16(20)21(26)23-14-8-9-18(17(22)11-14)24-10-4-7-19(24)25/h3,5-6,8-9,11-13H,4,7,10H2,1-2H3,(H,23,26). The van der Waals surface area contributed by atoms with Crippen molar-refractivity contribution in [3.8, 4) is 5.75 Å². The molecule has 2 amide bonds. The lowest BCUT2D eigenvalue weighted by atomic mass is 9.97. The normalized spacial score (nSPS) is 21.1. The molecule has 2 aromatic rings. The van der Waals surface area contributed by atoms with Gasteiger partial charge in [0.15, 0.2) is 0 Å². The van der Waals surface area contributed by atoms with Crippen molar-refractivity contribution in [1.82, 2.24) is 0 Å². The Labute approximate surface area is 163 Å². The van der Waals surface area contributed by atoms with Gasteiger partial charge in [0.25, 0.3) is 5.91 Å². The van der Waals surface area contributed by atoms with Crippen LogP contribution in [-0.2, 0) is 4.79 Å². The van der Waals surface area contributed by atoms with Crippen LogP contribution in [0.5, 0.6) is 5.75 Å². The number of ether oxygens (including phenoxy) is 1. The van der Waals surface area contributed by atoms with Gasteiger partial charge < -0.3 is 15.0 Å². The van der Waals surface area contributed by atoms with Gasteiger partial charge in [-0.25, -0.2) is 0 Å². The number of hydrogen-bond donors (Lipinski definition) is 1. The molecule has 4 rings (SSSR count). The predicted molar refractivity (Wildman–Crippen MR) is 106 cm³/mol. The van der Waals surface area contributed by atoms with Gasteiger partial charge in [0.2, 0.25) is 5.91 Å². The Morgan fingerprint density at radius 2 is 2.07 bits per heavy atom. The quantitative estimate of drug-likeness (QED) is 0.841. The summed E-state index contributed by atoms with van der Waals surface area (Å²) in [4.78, 5) is 26.4. The molecule has 2 aliphatic heterocycles. The van der Waals surface area contributed by atoms with Crippen LogP contribution in [0.4, 0.5) is 11.4 Å². The largest absolute Gasteiger partial charge is 0.489 e. The molecule has 1 N–H and O–H groups in total. The highest BCUT2D eigenvalue weighted by atomic mass is 35.5. The Morgan fingerprint density at radius 3 is 2.78 bits per heavy atom. The van der Waals surface area contributed by atoms with Crippen molar-refractivity contribution in [2.75, 3.05) is 16.8 Å². The molecule has 1 saturated heterocycles. The van der Waals surface area contributed by atoms with Crippen molar-refractivity contribution >= 4 is 34.8 Å². The lowest BCUT2D eigenvalue weighted by Gasteiger charge is -2.18. The molecule has 6 heteroatoms. The van der Waals surface area contributed by atoms with Crippen LogP contribution in [0.15, 0.2) is 36.4 Å². The topological polar surface area (TPSA) is 58.6 Å². The number of fused-ring (bicyclic) bond motifs is 1. The molecule has 140 valence electrons. The molecular weight excluding hydrogens is 364 g/mol. The maximum absolute atomic E-state index is 12.8. The smallest absolute Gasteiger partial charge is 0.259 e. The molecule has 2 aliphatic rings. The molecule has 0 spiro atoms. The van der Waals surface area contributed by atoms with Crippen LogP contribution in [0.1, 0.15) is 48.5 Å². The lowest BCUT2D eigenvalue weighted by Crippen LogP contribution is -2.24. The Hall–Kier alpha value is -2.53. The second kappa shape index (κ2) is 6.89. The van der Waals surface area contributed by atoms with Crippen molar-refractivity contribution in [1.29, 1.82) is 0 Å². The number of nitrogens with one attached hydrogen (secondary N) is 1. The third-order valence-corrected chi connectivity index (χ3v) is 5.66. The van der Waals surface area contributed by atoms with E-state index in [0.717, 1.165) is 12.0 Å². The predicted octanol–water partition coefficient (Wildman–Crippen LogP) is 4.60. The fourth-order valence-corrected chi connectivity index (χ4v) is 3.95. The maximum atomic E-state index is 12.8. The average Bonchev–Trinajstić information content (AvgIpc) is 3.18. The molecular formula is C21H21ClN2O3. The van der Waals surface area contributed by atoms with E-state index < -0.39 is 0 Å². The Kier molecular flexibility index (Phi) is 4.56. The number of amides is 2. The maximum Gasteiger partial charge on any atom is 0.259 e. The van der Waals surface area contributed by atoms with Gasteiger partial charge in [-0.1, -0.05) is 30.7 Å². The SMILES string of the molecule is CC1Oc2c(C(=O)Nc3ccc(N4CCCC4=O)c(Cl)c3)cccc2C1C. The second-order valence-electron chi connectivity index (χ2n) is 7.10. The van der Waals surface area contributed by atoms with Crippen LogP contribution in [0.3, 0.4) is 0 Å². The molecule has 0 aromatic heterocycles. The number of carbonyl (C=O) groups excluding carboxylic acids is 2. The summed E-state index contributed by atoms with van der Waals surface area (Å²) in [5, 5.41) is 3.32. The van der Waals surface area contributed by atoms with E-state index in [2.05, 4.69) is 12.2 Å². The molecule has 0 radical (unpaired) electrons. The number of para-hydroxylation sites is 1. The van der Waals surface area contributed by atoms with Gasteiger partial charge in [-0.2, -0.15) is 0 Å². The third-order valence-electron chi connectivity index (χ3n) is 5.36. The lowest BCUT2D eigenvalue weighted by molar-refractivity contribution is -0.117. The van der Waals surface area contributed by atoms with Gasteiger partial charge in [-0.05, 0) is 37.6 Å². The Morgan fingerprint density at radius 1 is 1.26 bits per heavy atom. The monoisotopic (exact) mass is 384 g/mol. The molecule has 0 aliphatic carbocycles. The minimum absolute atomic E-state index is 0.0423. The zero-order valence-electron chi connectivity index (χ0n) is 15.3. The highest BCUT2D eigenvalue weighted by molar-refractivity contribution is 6.34. The van der Waals surface area contributed by atoms with Crippen LogP contribution in [0.2, 0.25) is 5.02 Å². The third kappa shape index (κ3) is 3.16. The van der Waals surface area contributed by atoms with Gasteiger partial charge in [0, 0.05) is 30.1 Å². The number of hydrogen-bond acceptors (Lipinski definition) is 3. The number of benzene rings is 2. The summed E-state index contributed by atoms with van der Waals surface area (Å²) in [6.45, 7) is 4.77. The number of nitrogens with zero attached hydrogens (tertiary/aromatic N) is 1. The first kappa shape index (κ1) is 17.9. The van der Waals surface area contributed by atoms with Crippen molar-refractivity contribution in [2.45, 2.75) is 38.7 Å². The van der Waals surface area contributed by atoms with Crippen LogP contribution >= 0.6 is 11.6 Å². The van der Waals surface area contributed by atoms with Crippen molar-refractivity contribution < 1.29 is 14.3 Å². The summed E-state index contributed by atoms with van der Waals surface area (Å²) >= 11 is 6.37. The van der Waals surface area contributed by atoms with Crippen LogP contribution in [0, 0.1) is 0 Å². The van der Waals surface area contributed by atoms with Crippen molar-refractivity contribution in [3.05, 3.63) is 52.5 Å². The molecule has 0 bridgehead atoms. The van der Waals surface area contributed by atoms with Crippen molar-refractivity contribution in [3.63, 3.8) is 0 Å². The molecule has 1 fully saturated rings. The minimum Gasteiger partial charge on any atom is -0.489 e. The van der Waals surface area contributed by atoms with E-state index >= 15 is 0 Å². The van der Waals surface area contributed by atoms with E-state index in [4.69, 9.17) is 16.3 Å². The number of halogens is 1. The van der Waals surface area contributed by atoms with Crippen LogP contribution < -0.4 is 15.0 Å². The molecule has 5 nitrogen and oxygen atoms in total. The minimum atomic E-state index is -0.241. The zero-order valence-corrected chi connectivity index (χ0v) is 16.0. The summed E-state index contributed by atoms with van der Waals surface area (Å²) in [6, 6.07) is 10.9. The Balaban J connectivity index is 1.56. The van der Waals surface area contributed by atoms with Crippen LogP contribution in [0.25, 0.3) is 0 Å². The van der Waals surface area contributed by atoms with Gasteiger partial charge in [-0.3, -0.25) is 9.59 Å². The van der Waals surface area contributed by atoms with Gasteiger partial charge in [0.05, 0.1) is 16.3 Å². The first-order chi connectivity index (χ1) is 13.0. The highest BCUT2D eigenvalue weighted by Crippen LogP contribution is 2.40. The van der Waals surface area contributed by atoms with E-state index in [1.165, 1.54) is 0 Å². The first-order valence-corrected chi connectivity index (χ1v) is 9.54. The number of carbonyl (C=O) groups is 2. The number of anilines is 2. The van der Waals surface area contributed by atoms with E-state index in [9.17, 15) is 9.59 Å². The van der Waals surface area contributed by atoms with Gasteiger partial charge >= 0.3 is 0 Å². The summed E-state index contributed by atoms with van der Waals surface area (Å²) in [6.07, 6.45) is 1.43. The molecule has 2 aromatic carbocycles. The zero-order chi connectivity index (χ0) is 19.1. The van der Waals surface area contributed by atoms with E-state index in [0.29, 0.717) is 40.7 Å². The fraction of sp³-hybridized carbons (Fsp3) is 0.333. The second-order valence-corrected chi connectivity index (χ2v) is 7.51. The summed E-state index contributed by atoms with van der Waals surface area (Å²) < 4.78 is 5.90. The molecule has 0 saturated carbocycles. The highest BCUT2D eigenvalue weighted by Gasteiger charge is 2.31. The molecule has 2 atom stereocenters. The molecule has 2 unspecified atom stereocenters. The molecule has 27 heavy (non-hydrogen) atoms. The first-order valence-electron chi connectivity index (χ1n) is 9.16. The number of rotatable bonds is 3. The van der Waals surface area contributed by atoms with Gasteiger partial charge in [0.1, 0.15) is 11.9 Å². The Bertz CT molecular complexity index is 928. The summed E-state index contributed by atoms with van der Waals surface area (Å²) in [5.74, 6) is 0.739.